The average molecular weight is 381 g/mol. The fraction of sp³-hybridized carbons (Fsp3) is 0.235. The molecule has 25 heavy (non-hydrogen) atoms. The van der Waals surface area contributed by atoms with Crippen molar-refractivity contribution in [3.63, 3.8) is 0 Å². The lowest BCUT2D eigenvalue weighted by Gasteiger charge is -2.13. The van der Waals surface area contributed by atoms with Crippen LogP contribution in [0, 0.1) is 6.92 Å². The molecule has 8 heteroatoms. The Bertz CT molecular complexity index is 901. The topological polar surface area (TPSA) is 75.7 Å². The molecule has 1 atom stereocenters. The van der Waals surface area contributed by atoms with Crippen LogP contribution in [0.25, 0.3) is 0 Å². The van der Waals surface area contributed by atoms with Gasteiger partial charge in [0.1, 0.15) is 6.10 Å². The number of amides is 1. The number of carbonyl (C=O) groups is 1. The van der Waals surface area contributed by atoms with Crippen LogP contribution in [0.15, 0.2) is 53.4 Å². The van der Waals surface area contributed by atoms with E-state index in [-0.39, 0.29) is 18.0 Å². The van der Waals surface area contributed by atoms with Crippen LogP contribution in [0.5, 0.6) is 0 Å². The molecule has 132 valence electrons. The summed E-state index contributed by atoms with van der Waals surface area (Å²) in [5, 5.41) is 0.508. The highest BCUT2D eigenvalue weighted by atomic mass is 35.5. The summed E-state index contributed by atoms with van der Waals surface area (Å²) in [5.41, 5.74) is 1.26. The van der Waals surface area contributed by atoms with E-state index in [1.54, 1.807) is 49.4 Å². The van der Waals surface area contributed by atoms with Gasteiger partial charge in [-0.05, 0) is 36.8 Å². The predicted octanol–water partition coefficient (Wildman–Crippen LogP) is 2.95. The average Bonchev–Trinajstić information content (AvgIpc) is 2.94. The number of hydrogen-bond donors (Lipinski definition) is 1. The zero-order valence-corrected chi connectivity index (χ0v) is 15.0. The van der Waals surface area contributed by atoms with Crippen LogP contribution in [0.4, 0.5) is 10.5 Å². The number of hydrogen-bond acceptors (Lipinski definition) is 4. The Hall–Kier alpha value is -2.09. The summed E-state index contributed by atoms with van der Waals surface area (Å²) in [5.74, 6) is 0. The second-order valence-corrected chi connectivity index (χ2v) is 7.89. The zero-order chi connectivity index (χ0) is 18.0. The maximum Gasteiger partial charge on any atom is 0.414 e. The molecular weight excluding hydrogens is 364 g/mol. The van der Waals surface area contributed by atoms with E-state index in [0.717, 1.165) is 0 Å². The molecule has 2 aromatic carbocycles. The number of anilines is 1. The van der Waals surface area contributed by atoms with Crippen molar-refractivity contribution >= 4 is 33.4 Å². The van der Waals surface area contributed by atoms with Gasteiger partial charge in [-0.15, -0.1) is 0 Å². The Kier molecular flexibility index (Phi) is 4.99. The number of aryl methyl sites for hydroxylation is 1. The summed E-state index contributed by atoms with van der Waals surface area (Å²) < 4.78 is 32.6. The normalized spacial score (nSPS) is 17.6. The van der Waals surface area contributed by atoms with Gasteiger partial charge in [0.25, 0.3) is 0 Å². The van der Waals surface area contributed by atoms with Crippen LogP contribution in [-0.2, 0) is 14.8 Å². The van der Waals surface area contributed by atoms with Crippen molar-refractivity contribution in [2.24, 2.45) is 0 Å². The molecule has 0 radical (unpaired) electrons. The van der Waals surface area contributed by atoms with Crippen LogP contribution in [0.3, 0.4) is 0 Å². The summed E-state index contributed by atoms with van der Waals surface area (Å²) >= 11 is 5.94. The summed E-state index contributed by atoms with van der Waals surface area (Å²) in [7, 11) is -3.67. The van der Waals surface area contributed by atoms with E-state index in [4.69, 9.17) is 16.3 Å². The Morgan fingerprint density at radius 2 is 2.00 bits per heavy atom. The summed E-state index contributed by atoms with van der Waals surface area (Å²) in [6, 6.07) is 13.5. The number of halogens is 1. The van der Waals surface area contributed by atoms with E-state index < -0.39 is 22.2 Å². The van der Waals surface area contributed by atoms with Crippen LogP contribution in [0.1, 0.15) is 5.56 Å². The fourth-order valence-corrected chi connectivity index (χ4v) is 4.12. The van der Waals surface area contributed by atoms with E-state index in [2.05, 4.69) is 4.72 Å². The largest absolute Gasteiger partial charge is 0.443 e. The maximum atomic E-state index is 12.4. The molecule has 0 spiro atoms. The van der Waals surface area contributed by atoms with E-state index in [0.29, 0.717) is 16.3 Å². The van der Waals surface area contributed by atoms with Crippen LogP contribution >= 0.6 is 11.6 Å². The van der Waals surface area contributed by atoms with Crippen LogP contribution < -0.4 is 9.62 Å². The number of cyclic esters (lactones) is 1. The second kappa shape index (κ2) is 7.03. The zero-order valence-electron chi connectivity index (χ0n) is 13.5. The maximum absolute atomic E-state index is 12.4. The first kappa shape index (κ1) is 17.7. The first-order valence-corrected chi connectivity index (χ1v) is 9.52. The number of carbonyl (C=O) groups excluding carboxylic acids is 1. The van der Waals surface area contributed by atoms with Gasteiger partial charge in [-0.2, -0.15) is 0 Å². The van der Waals surface area contributed by atoms with Gasteiger partial charge in [-0.1, -0.05) is 35.9 Å². The van der Waals surface area contributed by atoms with Crippen molar-refractivity contribution in [2.75, 3.05) is 18.0 Å². The minimum Gasteiger partial charge on any atom is -0.443 e. The van der Waals surface area contributed by atoms with Crippen molar-refractivity contribution in [1.82, 2.24) is 4.72 Å². The molecule has 3 rings (SSSR count). The molecule has 6 nitrogen and oxygen atoms in total. The molecule has 1 amide bonds. The lowest BCUT2D eigenvalue weighted by atomic mass is 10.2. The molecular formula is C17H17ClN2O4S. The smallest absolute Gasteiger partial charge is 0.414 e. The highest BCUT2D eigenvalue weighted by Crippen LogP contribution is 2.24. The van der Waals surface area contributed by atoms with E-state index in [1.165, 1.54) is 11.0 Å². The van der Waals surface area contributed by atoms with Gasteiger partial charge < -0.3 is 4.74 Å². The minimum absolute atomic E-state index is 0.000522. The molecule has 0 aromatic heterocycles. The van der Waals surface area contributed by atoms with Crippen molar-refractivity contribution in [3.05, 3.63) is 59.1 Å². The predicted molar refractivity (Wildman–Crippen MR) is 95.4 cm³/mol. The Balaban J connectivity index is 1.67. The highest BCUT2D eigenvalue weighted by molar-refractivity contribution is 7.89. The molecule has 1 N–H and O–H groups in total. The molecule has 1 aliphatic heterocycles. The third-order valence-corrected chi connectivity index (χ3v) is 5.70. The standard InChI is InChI=1S/C17H17ClN2O4S/c1-12-5-2-3-8-16(12)25(22,23)19-10-15-11-20(17(21)24-15)14-7-4-6-13(18)9-14/h2-9,15,19H,10-11H2,1H3. The number of ether oxygens (including phenoxy) is 1. The van der Waals surface area contributed by atoms with Gasteiger partial charge in [0, 0.05) is 17.3 Å². The fourth-order valence-electron chi connectivity index (χ4n) is 2.62. The third kappa shape index (κ3) is 3.95. The van der Waals surface area contributed by atoms with Gasteiger partial charge in [0.15, 0.2) is 0 Å². The van der Waals surface area contributed by atoms with E-state index in [1.807, 2.05) is 0 Å². The van der Waals surface area contributed by atoms with Crippen LogP contribution in [0.2, 0.25) is 5.02 Å². The number of nitrogens with zero attached hydrogens (tertiary/aromatic N) is 1. The molecule has 1 unspecified atom stereocenters. The van der Waals surface area contributed by atoms with E-state index in [9.17, 15) is 13.2 Å². The monoisotopic (exact) mass is 380 g/mol. The summed E-state index contributed by atoms with van der Waals surface area (Å²) in [6.07, 6.45) is -1.10. The second-order valence-electron chi connectivity index (χ2n) is 5.71. The van der Waals surface area contributed by atoms with Crippen LogP contribution in [-0.4, -0.2) is 33.7 Å². The minimum atomic E-state index is -3.67. The molecule has 0 saturated carbocycles. The van der Waals surface area contributed by atoms with Gasteiger partial charge in [0.2, 0.25) is 10.0 Å². The summed E-state index contributed by atoms with van der Waals surface area (Å²) in [6.45, 7) is 1.97. The molecule has 0 aliphatic carbocycles. The molecule has 1 aliphatic rings. The van der Waals surface area contributed by atoms with Gasteiger partial charge in [-0.3, -0.25) is 4.90 Å². The quantitative estimate of drug-likeness (QED) is 0.865. The molecule has 0 bridgehead atoms. The Morgan fingerprint density at radius 1 is 1.24 bits per heavy atom. The molecule has 1 heterocycles. The first-order valence-electron chi connectivity index (χ1n) is 7.66. The Labute approximate surface area is 151 Å². The number of benzene rings is 2. The number of rotatable bonds is 5. The first-order chi connectivity index (χ1) is 11.9. The Morgan fingerprint density at radius 3 is 2.72 bits per heavy atom. The van der Waals surface area contributed by atoms with Crippen molar-refractivity contribution in [3.8, 4) is 0 Å². The molecule has 1 fully saturated rings. The highest BCUT2D eigenvalue weighted by Gasteiger charge is 2.33. The van der Waals surface area contributed by atoms with E-state index >= 15 is 0 Å². The number of sulfonamides is 1. The van der Waals surface area contributed by atoms with Crippen molar-refractivity contribution in [2.45, 2.75) is 17.9 Å². The SMILES string of the molecule is Cc1ccccc1S(=O)(=O)NCC1CN(c2cccc(Cl)c2)C(=O)O1. The lowest BCUT2D eigenvalue weighted by molar-refractivity contribution is 0.143. The van der Waals surface area contributed by atoms with Crippen molar-refractivity contribution < 1.29 is 17.9 Å². The number of nitrogens with one attached hydrogen (secondary N) is 1. The van der Waals surface area contributed by atoms with Gasteiger partial charge in [-0.25, -0.2) is 17.9 Å². The summed E-state index contributed by atoms with van der Waals surface area (Å²) in [4.78, 5) is 13.7. The molecule has 1 saturated heterocycles. The van der Waals surface area contributed by atoms with Gasteiger partial charge >= 0.3 is 6.09 Å². The van der Waals surface area contributed by atoms with Crippen molar-refractivity contribution in [1.29, 1.82) is 0 Å². The lowest BCUT2D eigenvalue weighted by Crippen LogP contribution is -2.34. The molecule has 2 aromatic rings. The van der Waals surface area contributed by atoms with Gasteiger partial charge in [0.05, 0.1) is 11.4 Å². The third-order valence-electron chi connectivity index (χ3n) is 3.88.